The number of halogens is 7. The second kappa shape index (κ2) is 4.08. The van der Waals surface area contributed by atoms with E-state index in [1.807, 2.05) is 0 Å². The molecule has 0 heterocycles. The van der Waals surface area contributed by atoms with Gasteiger partial charge in [-0.25, -0.2) is 0 Å². The van der Waals surface area contributed by atoms with Crippen LogP contribution in [-0.2, 0) is 0 Å². The molecule has 0 aliphatic rings. The standard InChI is InChI=1S/C5F7NS/c6-3(7)2(4(8,9)10)5(11,12)14-1-13. The zero-order valence-corrected chi connectivity index (χ0v) is 6.82. The summed E-state index contributed by atoms with van der Waals surface area (Å²) in [5.74, 6) is 0. The first-order chi connectivity index (χ1) is 6.13. The predicted octanol–water partition coefficient (Wildman–Crippen LogP) is 3.51. The van der Waals surface area contributed by atoms with E-state index in [0.29, 0.717) is 5.40 Å². The fraction of sp³-hybridized carbons (Fsp3) is 0.400. The molecule has 1 nitrogen and oxygen atoms in total. The Morgan fingerprint density at radius 3 is 1.71 bits per heavy atom. The minimum Gasteiger partial charge on any atom is -0.187 e. The average molecular weight is 239 g/mol. The number of hydrogen-bond donors (Lipinski definition) is 0. The van der Waals surface area contributed by atoms with E-state index in [0.717, 1.165) is 0 Å². The summed E-state index contributed by atoms with van der Waals surface area (Å²) in [6.07, 6.45) is -9.42. The maximum atomic E-state index is 12.3. The summed E-state index contributed by atoms with van der Waals surface area (Å²) in [6, 6.07) is 0. The van der Waals surface area contributed by atoms with Gasteiger partial charge in [-0.2, -0.15) is 36.0 Å². The summed E-state index contributed by atoms with van der Waals surface area (Å²) in [5.41, 5.74) is -3.29. The van der Waals surface area contributed by atoms with Crippen molar-refractivity contribution in [1.82, 2.24) is 0 Å². The Hall–Kier alpha value is -0.910. The monoisotopic (exact) mass is 239 g/mol. The highest BCUT2D eigenvalue weighted by Crippen LogP contribution is 2.46. The van der Waals surface area contributed by atoms with Crippen LogP contribution in [0.15, 0.2) is 11.7 Å². The van der Waals surface area contributed by atoms with Crippen molar-refractivity contribution in [3.05, 3.63) is 11.7 Å². The first-order valence-electron chi connectivity index (χ1n) is 2.70. The highest BCUT2D eigenvalue weighted by Gasteiger charge is 2.54. The summed E-state index contributed by atoms with van der Waals surface area (Å²) >= 11 is -1.19. The van der Waals surface area contributed by atoms with Gasteiger partial charge >= 0.3 is 11.4 Å². The number of hydrogen-bond acceptors (Lipinski definition) is 2. The Morgan fingerprint density at radius 2 is 1.50 bits per heavy atom. The van der Waals surface area contributed by atoms with E-state index in [9.17, 15) is 30.7 Å². The number of thioether (sulfide) groups is 1. The van der Waals surface area contributed by atoms with E-state index in [1.54, 1.807) is 0 Å². The summed E-state index contributed by atoms with van der Waals surface area (Å²) in [4.78, 5) is 0. The molecule has 0 amide bonds. The minimum absolute atomic E-state index is 0.615. The average Bonchev–Trinajstić information content (AvgIpc) is 1.78. The number of nitrogens with zero attached hydrogens (tertiary/aromatic N) is 1. The molecule has 80 valence electrons. The molecule has 0 unspecified atom stereocenters. The van der Waals surface area contributed by atoms with Gasteiger partial charge in [0.1, 0.15) is 5.40 Å². The van der Waals surface area contributed by atoms with E-state index < -0.39 is 34.8 Å². The van der Waals surface area contributed by atoms with Gasteiger partial charge in [0.05, 0.1) is 0 Å². The number of alkyl halides is 5. The first-order valence-corrected chi connectivity index (χ1v) is 3.52. The highest BCUT2D eigenvalue weighted by atomic mass is 32.2. The molecule has 0 spiro atoms. The van der Waals surface area contributed by atoms with Crippen molar-refractivity contribution in [3.8, 4) is 5.40 Å². The fourth-order valence-electron chi connectivity index (χ4n) is 0.491. The zero-order chi connectivity index (χ0) is 11.6. The molecule has 0 fully saturated rings. The van der Waals surface area contributed by atoms with E-state index in [4.69, 9.17) is 5.26 Å². The van der Waals surface area contributed by atoms with E-state index in [1.165, 1.54) is 0 Å². The zero-order valence-electron chi connectivity index (χ0n) is 6.00. The quantitative estimate of drug-likeness (QED) is 0.543. The van der Waals surface area contributed by atoms with Gasteiger partial charge in [0.15, 0.2) is 5.57 Å². The van der Waals surface area contributed by atoms with Gasteiger partial charge in [-0.3, -0.25) is 0 Å². The first kappa shape index (κ1) is 13.1. The van der Waals surface area contributed by atoms with Gasteiger partial charge in [-0.15, -0.1) is 0 Å². The lowest BCUT2D eigenvalue weighted by Crippen LogP contribution is -2.27. The topological polar surface area (TPSA) is 23.8 Å². The lowest BCUT2D eigenvalue weighted by atomic mass is 10.3. The van der Waals surface area contributed by atoms with Crippen LogP contribution in [-0.4, -0.2) is 11.4 Å². The van der Waals surface area contributed by atoms with E-state index >= 15 is 0 Å². The van der Waals surface area contributed by atoms with E-state index in [-0.39, 0.29) is 0 Å². The van der Waals surface area contributed by atoms with Crippen LogP contribution in [0.4, 0.5) is 30.7 Å². The van der Waals surface area contributed by atoms with Crippen molar-refractivity contribution in [2.24, 2.45) is 0 Å². The third-order valence-corrected chi connectivity index (χ3v) is 1.49. The Bertz CT molecular complexity index is 281. The van der Waals surface area contributed by atoms with Gasteiger partial charge in [-0.05, 0) is 0 Å². The van der Waals surface area contributed by atoms with Crippen LogP contribution in [0.25, 0.3) is 0 Å². The van der Waals surface area contributed by atoms with Gasteiger partial charge in [0.25, 0.3) is 6.08 Å². The van der Waals surface area contributed by atoms with Crippen LogP contribution < -0.4 is 0 Å². The second-order valence-electron chi connectivity index (χ2n) is 1.84. The van der Waals surface area contributed by atoms with Crippen molar-refractivity contribution < 1.29 is 30.7 Å². The Balaban J connectivity index is 5.29. The molecule has 0 bridgehead atoms. The van der Waals surface area contributed by atoms with Gasteiger partial charge in [0.2, 0.25) is 0 Å². The van der Waals surface area contributed by atoms with Crippen LogP contribution in [0, 0.1) is 10.7 Å². The third-order valence-electron chi connectivity index (χ3n) is 0.937. The number of nitriles is 1. The van der Waals surface area contributed by atoms with Crippen molar-refractivity contribution in [2.45, 2.75) is 11.4 Å². The molecule has 0 N–H and O–H groups in total. The van der Waals surface area contributed by atoms with Gasteiger partial charge in [-0.1, -0.05) is 0 Å². The molecule has 9 heteroatoms. The summed E-state index contributed by atoms with van der Waals surface area (Å²) in [7, 11) is 0. The molecule has 0 aromatic heterocycles. The van der Waals surface area contributed by atoms with Crippen LogP contribution in [0.5, 0.6) is 0 Å². The maximum Gasteiger partial charge on any atom is 0.424 e. The molecule has 0 saturated carbocycles. The minimum atomic E-state index is -5.87. The van der Waals surface area contributed by atoms with Gasteiger partial charge in [0, 0.05) is 11.8 Å². The SMILES string of the molecule is N#CSC(F)(F)C(=C(F)F)C(F)(F)F. The molecule has 0 atom stereocenters. The van der Waals surface area contributed by atoms with Crippen LogP contribution in [0.1, 0.15) is 0 Å². The molecule has 0 aromatic carbocycles. The molecular weight excluding hydrogens is 239 g/mol. The van der Waals surface area contributed by atoms with Crippen molar-refractivity contribution >= 4 is 11.8 Å². The van der Waals surface area contributed by atoms with Gasteiger partial charge < -0.3 is 0 Å². The molecule has 0 aliphatic heterocycles. The lowest BCUT2D eigenvalue weighted by molar-refractivity contribution is -0.117. The normalized spacial score (nSPS) is 12.1. The number of rotatable bonds is 2. The smallest absolute Gasteiger partial charge is 0.187 e. The summed E-state index contributed by atoms with van der Waals surface area (Å²) in [6.45, 7) is 0. The Morgan fingerprint density at radius 1 is 1.07 bits per heavy atom. The molecule has 0 aromatic rings. The molecular formula is C5F7NS. The lowest BCUT2D eigenvalue weighted by Gasteiger charge is -2.16. The Labute approximate surface area is 77.2 Å². The maximum absolute atomic E-state index is 12.3. The van der Waals surface area contributed by atoms with Crippen LogP contribution in [0.3, 0.4) is 0 Å². The molecule has 0 radical (unpaired) electrons. The molecule has 14 heavy (non-hydrogen) atoms. The highest BCUT2D eigenvalue weighted by molar-refractivity contribution is 8.04. The predicted molar refractivity (Wildman–Crippen MR) is 33.4 cm³/mol. The third kappa shape index (κ3) is 3.10. The van der Waals surface area contributed by atoms with Crippen molar-refractivity contribution in [2.75, 3.05) is 0 Å². The van der Waals surface area contributed by atoms with Crippen LogP contribution in [0.2, 0.25) is 0 Å². The van der Waals surface area contributed by atoms with Crippen molar-refractivity contribution in [3.63, 3.8) is 0 Å². The Kier molecular flexibility index (Phi) is 3.81. The number of thiocyanates is 1. The molecule has 0 rings (SSSR count). The fourth-order valence-corrected chi connectivity index (χ4v) is 0.900. The second-order valence-corrected chi connectivity index (χ2v) is 2.74. The van der Waals surface area contributed by atoms with Crippen LogP contribution >= 0.6 is 11.8 Å². The molecule has 0 saturated heterocycles. The summed E-state index contributed by atoms with van der Waals surface area (Å²) < 4.78 is 82.7. The van der Waals surface area contributed by atoms with Crippen molar-refractivity contribution in [1.29, 1.82) is 5.26 Å². The largest absolute Gasteiger partial charge is 0.424 e. The van der Waals surface area contributed by atoms with E-state index in [2.05, 4.69) is 0 Å². The summed E-state index contributed by atoms with van der Waals surface area (Å²) in [5, 5.41) is 3.34. The molecule has 0 aliphatic carbocycles.